The van der Waals surface area contributed by atoms with Crippen molar-refractivity contribution in [3.63, 3.8) is 0 Å². The second-order valence-corrected chi connectivity index (χ2v) is 26.7. The molecule has 560 valence electrons. The molecule has 0 aliphatic heterocycles. The third-order valence-corrected chi connectivity index (χ3v) is 19.1. The summed E-state index contributed by atoms with van der Waals surface area (Å²) in [4.78, 5) is 91.0. The first-order valence-corrected chi connectivity index (χ1v) is 36.4. The number of methoxy groups -OCH3 is 1. The fourth-order valence-corrected chi connectivity index (χ4v) is 14.0. The lowest BCUT2D eigenvalue weighted by Crippen LogP contribution is -2.54. The summed E-state index contributed by atoms with van der Waals surface area (Å²) in [5.41, 5.74) is 1.08. The average molecular weight is 1390 g/mol. The molecule has 0 radical (unpaired) electrons. The van der Waals surface area contributed by atoms with E-state index in [1.54, 1.807) is 14.0 Å². The summed E-state index contributed by atoms with van der Waals surface area (Å²) in [6, 6.07) is 24.0. The van der Waals surface area contributed by atoms with Crippen LogP contribution in [0.2, 0.25) is 0 Å². The molecule has 2 aromatic rings. The Balaban J connectivity index is 0. The number of unbranched alkanes of at least 4 members (excludes halogenated alkanes) is 15. The number of hydrogen-bond donors (Lipinski definition) is 6. The predicted molar refractivity (Wildman–Crippen MR) is 395 cm³/mol. The Kier molecular flexibility index (Phi) is 58.3. The Morgan fingerprint density at radius 2 is 0.869 bits per heavy atom. The van der Waals surface area contributed by atoms with Gasteiger partial charge in [-0.15, -0.1) is 0 Å². The van der Waals surface area contributed by atoms with Gasteiger partial charge in [-0.1, -0.05) is 230 Å². The summed E-state index contributed by atoms with van der Waals surface area (Å²) in [6.07, 6.45) is 47.2. The van der Waals surface area contributed by atoms with Crippen LogP contribution >= 0.6 is 0 Å². The standard InChI is InChI=1S/C29H50O2.C19H40O.2C6H6.4C5H7NO3/c1-19(2)8-7-9-20(3)25-12-13-26-24-11-10-22-18-23(31-21(4)30)14-16-28(22,5)27(24)15-17-29(25,26)6;1-3-4-5-6-7-8-9-10-11-12-13-14-15-16-17-18-19-20-2;2*1-2-4-6-5-3-1;2*1-6-5(8)2-3-9-4-7;2*1-6-4(7)2-3-5(8)9/h19-20,22-27H,7-18H2,1-6H3;3-19H2,1-2H3;2*1-6H;2*2-4H,1H3,(H,6,8);2*2-3H,1H3,(H,6,7)(H,8,9). The Hall–Kier alpha value is -7.41. The van der Waals surface area contributed by atoms with Gasteiger partial charge in [0, 0.05) is 85.3 Å². The van der Waals surface area contributed by atoms with Crippen LogP contribution in [-0.2, 0) is 62.1 Å². The van der Waals surface area contributed by atoms with Gasteiger partial charge in [0.15, 0.2) is 0 Å². The molecule has 19 nitrogen and oxygen atoms in total. The van der Waals surface area contributed by atoms with E-state index in [0.29, 0.717) is 10.8 Å². The molecule has 2 aromatic carbocycles. The fraction of sp³-hybridized carbons (Fsp3) is 0.637. The number of carbonyl (C=O) groups excluding carboxylic acids is 7. The highest BCUT2D eigenvalue weighted by Crippen LogP contribution is 2.68. The third kappa shape index (κ3) is 48.1. The number of carbonyl (C=O) groups is 9. The van der Waals surface area contributed by atoms with Gasteiger partial charge < -0.3 is 50.4 Å². The SMILES string of the molecule is CC(=O)OC1CCC2(C)C(CCC3C2CCC2(C)C(C(C)CCCC(C)C)CCC32)C1.CCCCCCCCCCCCCCCCCCOC.CNC(=O)C=CC(=O)O.CNC(=O)C=CC(=O)O.CNC(=O)C=COC=O.CNC(=O)C=COC=O.c1ccccc1.c1ccccc1. The van der Waals surface area contributed by atoms with E-state index in [-0.39, 0.29) is 36.8 Å². The summed E-state index contributed by atoms with van der Waals surface area (Å²) in [5.74, 6) is 2.51. The molecule has 0 saturated heterocycles. The van der Waals surface area contributed by atoms with Crippen LogP contribution in [0.15, 0.2) is 122 Å². The molecule has 9 unspecified atom stereocenters. The summed E-state index contributed by atoms with van der Waals surface area (Å²) < 4.78 is 18.9. The van der Waals surface area contributed by atoms with E-state index in [4.69, 9.17) is 19.7 Å². The van der Waals surface area contributed by atoms with E-state index < -0.39 is 23.8 Å². The number of carboxylic acid groups (broad SMARTS) is 2. The van der Waals surface area contributed by atoms with Gasteiger partial charge in [0.05, 0.1) is 12.5 Å². The molecule has 19 heteroatoms. The Labute approximate surface area is 595 Å². The van der Waals surface area contributed by atoms with Crippen LogP contribution in [-0.4, -0.2) is 113 Å². The topological polar surface area (TPSA) is 279 Å². The smallest absolute Gasteiger partial charge is 0.328 e. The first kappa shape index (κ1) is 93.6. The number of carboxylic acids is 2. The number of esters is 1. The molecule has 9 atom stereocenters. The first-order valence-electron chi connectivity index (χ1n) is 36.4. The number of benzene rings is 2. The van der Waals surface area contributed by atoms with E-state index >= 15 is 0 Å². The second-order valence-electron chi connectivity index (χ2n) is 26.7. The third-order valence-electron chi connectivity index (χ3n) is 19.1. The Morgan fingerprint density at radius 3 is 1.23 bits per heavy atom. The predicted octanol–water partition coefficient (Wildman–Crippen LogP) is 15.9. The van der Waals surface area contributed by atoms with Crippen molar-refractivity contribution >= 4 is 54.5 Å². The van der Waals surface area contributed by atoms with Gasteiger partial charge >= 0.3 is 17.9 Å². The number of nitrogens with one attached hydrogen (secondary N) is 4. The van der Waals surface area contributed by atoms with E-state index in [1.165, 1.54) is 195 Å². The minimum absolute atomic E-state index is 0.0877. The molecule has 6 rings (SSSR count). The lowest BCUT2D eigenvalue weighted by molar-refractivity contribution is -0.160. The van der Waals surface area contributed by atoms with Crippen molar-refractivity contribution in [1.82, 2.24) is 21.3 Å². The monoisotopic (exact) mass is 1390 g/mol. The van der Waals surface area contributed by atoms with Crippen molar-refractivity contribution in [3.8, 4) is 0 Å². The highest BCUT2D eigenvalue weighted by molar-refractivity contribution is 5.94. The molecule has 4 fully saturated rings. The zero-order valence-corrected chi connectivity index (χ0v) is 62.5. The molecular weight excluding hydrogens is 1260 g/mol. The summed E-state index contributed by atoms with van der Waals surface area (Å²) >= 11 is 0. The zero-order chi connectivity index (χ0) is 74.4. The van der Waals surface area contributed by atoms with Gasteiger partial charge in [-0.2, -0.15) is 0 Å². The van der Waals surface area contributed by atoms with E-state index in [0.717, 1.165) is 110 Å². The van der Waals surface area contributed by atoms with E-state index in [1.807, 2.05) is 72.8 Å². The van der Waals surface area contributed by atoms with Gasteiger partial charge in [0.2, 0.25) is 23.6 Å². The van der Waals surface area contributed by atoms with Crippen LogP contribution in [0.1, 0.15) is 228 Å². The summed E-state index contributed by atoms with van der Waals surface area (Å²) in [5, 5.41) is 25.0. The molecule has 0 heterocycles. The largest absolute Gasteiger partial charge is 0.478 e. The number of hydrogen-bond acceptors (Lipinski definition) is 13. The van der Waals surface area contributed by atoms with Crippen LogP contribution < -0.4 is 21.3 Å². The lowest BCUT2D eigenvalue weighted by Gasteiger charge is -2.61. The Bertz CT molecular complexity index is 2370. The highest BCUT2D eigenvalue weighted by Gasteiger charge is 2.60. The maximum Gasteiger partial charge on any atom is 0.328 e. The van der Waals surface area contributed by atoms with Crippen LogP contribution in [0.4, 0.5) is 0 Å². The van der Waals surface area contributed by atoms with Crippen molar-refractivity contribution < 1.29 is 72.3 Å². The molecule has 4 amide bonds. The summed E-state index contributed by atoms with van der Waals surface area (Å²) in [6.45, 7) is 17.9. The quantitative estimate of drug-likeness (QED) is 0.00968. The van der Waals surface area contributed by atoms with Crippen molar-refractivity contribution in [1.29, 1.82) is 0 Å². The molecule has 4 aliphatic rings. The van der Waals surface area contributed by atoms with Gasteiger partial charge in [0.1, 0.15) is 6.10 Å². The molecule has 99 heavy (non-hydrogen) atoms. The first-order chi connectivity index (χ1) is 47.5. The van der Waals surface area contributed by atoms with Crippen LogP contribution in [0.5, 0.6) is 0 Å². The molecular formula is C80H130N4O15. The maximum atomic E-state index is 11.5. The summed E-state index contributed by atoms with van der Waals surface area (Å²) in [7, 11) is 7.61. The molecule has 6 N–H and O–H groups in total. The number of aliphatic carboxylic acids is 2. The molecule has 0 bridgehead atoms. The molecule has 0 aromatic heterocycles. The number of fused-ring (bicyclic) bond motifs is 5. The highest BCUT2D eigenvalue weighted by atomic mass is 16.5. The number of ether oxygens (including phenoxy) is 4. The minimum Gasteiger partial charge on any atom is -0.478 e. The zero-order valence-electron chi connectivity index (χ0n) is 62.5. The number of likely N-dealkylation sites (N-methyl/N-ethyl adjacent to an activating group) is 4. The minimum atomic E-state index is -1.13. The molecule has 0 spiro atoms. The van der Waals surface area contributed by atoms with Gasteiger partial charge in [0.25, 0.3) is 12.9 Å². The van der Waals surface area contributed by atoms with Crippen molar-refractivity contribution in [2.75, 3.05) is 41.9 Å². The fourth-order valence-electron chi connectivity index (χ4n) is 14.0. The molecule has 4 saturated carbocycles. The molecule has 4 aliphatic carbocycles. The van der Waals surface area contributed by atoms with Gasteiger partial charge in [-0.3, -0.25) is 33.6 Å². The van der Waals surface area contributed by atoms with E-state index in [2.05, 4.69) is 72.3 Å². The van der Waals surface area contributed by atoms with Crippen LogP contribution in [0, 0.1) is 52.3 Å². The van der Waals surface area contributed by atoms with E-state index in [9.17, 15) is 43.2 Å². The maximum absolute atomic E-state index is 11.5. The normalized spacial score (nSPS) is 20.8. The van der Waals surface area contributed by atoms with Gasteiger partial charge in [-0.05, 0) is 116 Å². The average Bonchev–Trinajstić information content (AvgIpc) is 1.69. The number of rotatable bonds is 33. The second kappa shape index (κ2) is 61.7. The lowest BCUT2D eigenvalue weighted by atomic mass is 9.44. The Morgan fingerprint density at radius 1 is 0.485 bits per heavy atom. The van der Waals surface area contributed by atoms with Gasteiger partial charge in [-0.25, -0.2) is 9.59 Å². The van der Waals surface area contributed by atoms with Crippen molar-refractivity contribution in [2.45, 2.75) is 234 Å². The van der Waals surface area contributed by atoms with Crippen LogP contribution in [0.25, 0.3) is 0 Å². The van der Waals surface area contributed by atoms with Crippen molar-refractivity contribution in [2.24, 2.45) is 52.3 Å². The van der Waals surface area contributed by atoms with Crippen LogP contribution in [0.3, 0.4) is 0 Å². The van der Waals surface area contributed by atoms with Crippen molar-refractivity contribution in [3.05, 3.63) is 122 Å². The number of amides is 4.